The fourth-order valence-electron chi connectivity index (χ4n) is 1.91. The number of ether oxygens (including phenoxy) is 1. The van der Waals surface area contributed by atoms with E-state index in [9.17, 15) is 9.18 Å². The summed E-state index contributed by atoms with van der Waals surface area (Å²) in [5.41, 5.74) is 6.58. The van der Waals surface area contributed by atoms with Crippen molar-refractivity contribution >= 4 is 23.2 Å². The first-order chi connectivity index (χ1) is 10.0. The molecule has 3 N–H and O–H groups in total. The van der Waals surface area contributed by atoms with E-state index in [0.29, 0.717) is 16.3 Å². The molecule has 0 saturated carbocycles. The Labute approximate surface area is 126 Å². The van der Waals surface area contributed by atoms with Crippen molar-refractivity contribution in [1.82, 2.24) is 5.32 Å². The molecule has 0 aliphatic rings. The number of benzene rings is 2. The molecular weight excluding hydrogens is 295 g/mol. The van der Waals surface area contributed by atoms with Crippen LogP contribution in [0.15, 0.2) is 36.4 Å². The van der Waals surface area contributed by atoms with Crippen LogP contribution in [0.5, 0.6) is 5.75 Å². The maximum Gasteiger partial charge on any atom is 0.253 e. The number of nitrogen functional groups attached to an aromatic ring is 1. The van der Waals surface area contributed by atoms with Gasteiger partial charge in [-0.2, -0.15) is 0 Å². The second-order valence-electron chi connectivity index (χ2n) is 4.33. The summed E-state index contributed by atoms with van der Waals surface area (Å²) in [5.74, 6) is -0.318. The van der Waals surface area contributed by atoms with Gasteiger partial charge in [0.25, 0.3) is 5.91 Å². The van der Waals surface area contributed by atoms with Crippen molar-refractivity contribution in [3.05, 3.63) is 58.4 Å². The van der Waals surface area contributed by atoms with Crippen LogP contribution in [-0.2, 0) is 6.54 Å². The second kappa shape index (κ2) is 6.45. The van der Waals surface area contributed by atoms with Gasteiger partial charge in [-0.3, -0.25) is 4.79 Å². The number of hydrogen-bond acceptors (Lipinski definition) is 3. The molecule has 0 bridgehead atoms. The Morgan fingerprint density at radius 2 is 2.14 bits per heavy atom. The molecular formula is C15H14ClFN2O2. The number of methoxy groups -OCH3 is 1. The van der Waals surface area contributed by atoms with E-state index in [1.165, 1.54) is 19.2 Å². The van der Waals surface area contributed by atoms with Gasteiger partial charge in [-0.1, -0.05) is 17.7 Å². The number of halogens is 2. The minimum absolute atomic E-state index is 0.0821. The van der Waals surface area contributed by atoms with E-state index < -0.39 is 11.7 Å². The lowest BCUT2D eigenvalue weighted by Crippen LogP contribution is -2.24. The highest BCUT2D eigenvalue weighted by Crippen LogP contribution is 2.26. The standard InChI is InChI=1S/C15H14ClFN2O2/c1-21-14-4-2-3-12(16)11(14)8-19-15(20)10-6-5-9(17)7-13(10)18/h2-7H,8,18H2,1H3,(H,19,20). The van der Waals surface area contributed by atoms with E-state index in [1.54, 1.807) is 18.2 Å². The molecule has 0 atom stereocenters. The maximum atomic E-state index is 13.0. The van der Waals surface area contributed by atoms with Gasteiger partial charge in [0.15, 0.2) is 0 Å². The van der Waals surface area contributed by atoms with Crippen molar-refractivity contribution in [2.24, 2.45) is 0 Å². The van der Waals surface area contributed by atoms with Crippen LogP contribution in [0.25, 0.3) is 0 Å². The lowest BCUT2D eigenvalue weighted by molar-refractivity contribution is 0.0951. The van der Waals surface area contributed by atoms with Gasteiger partial charge >= 0.3 is 0 Å². The van der Waals surface area contributed by atoms with Crippen molar-refractivity contribution in [2.75, 3.05) is 12.8 Å². The molecule has 0 aliphatic heterocycles. The lowest BCUT2D eigenvalue weighted by atomic mass is 10.1. The molecule has 4 nitrogen and oxygen atoms in total. The number of carbonyl (C=O) groups excluding carboxylic acids is 1. The van der Waals surface area contributed by atoms with Gasteiger partial charge in [0.05, 0.1) is 12.7 Å². The molecule has 110 valence electrons. The predicted molar refractivity (Wildman–Crippen MR) is 80.0 cm³/mol. The third-order valence-electron chi connectivity index (χ3n) is 2.98. The number of nitrogens with one attached hydrogen (secondary N) is 1. The van der Waals surface area contributed by atoms with E-state index in [2.05, 4.69) is 5.32 Å². The molecule has 1 amide bonds. The Morgan fingerprint density at radius 3 is 2.81 bits per heavy atom. The van der Waals surface area contributed by atoms with Crippen LogP contribution in [0.1, 0.15) is 15.9 Å². The lowest BCUT2D eigenvalue weighted by Gasteiger charge is -2.12. The van der Waals surface area contributed by atoms with Gasteiger partial charge in [0.1, 0.15) is 11.6 Å². The van der Waals surface area contributed by atoms with Gasteiger partial charge < -0.3 is 15.8 Å². The van der Waals surface area contributed by atoms with Gasteiger partial charge in [0.2, 0.25) is 0 Å². The highest BCUT2D eigenvalue weighted by molar-refractivity contribution is 6.31. The fraction of sp³-hybridized carbons (Fsp3) is 0.133. The molecule has 2 aromatic carbocycles. The number of nitrogens with two attached hydrogens (primary N) is 1. The summed E-state index contributed by atoms with van der Waals surface area (Å²) in [6, 6.07) is 8.83. The summed E-state index contributed by atoms with van der Waals surface area (Å²) in [6.07, 6.45) is 0. The Morgan fingerprint density at radius 1 is 1.38 bits per heavy atom. The van der Waals surface area contributed by atoms with Crippen molar-refractivity contribution in [3.8, 4) is 5.75 Å². The number of hydrogen-bond donors (Lipinski definition) is 2. The number of anilines is 1. The van der Waals surface area contributed by atoms with Crippen molar-refractivity contribution < 1.29 is 13.9 Å². The minimum atomic E-state index is -0.489. The molecule has 0 radical (unpaired) electrons. The van der Waals surface area contributed by atoms with E-state index >= 15 is 0 Å². The summed E-state index contributed by atoms with van der Waals surface area (Å²) < 4.78 is 18.2. The topological polar surface area (TPSA) is 64.3 Å². The Kier molecular flexibility index (Phi) is 4.65. The first-order valence-corrected chi connectivity index (χ1v) is 6.55. The number of rotatable bonds is 4. The Bertz CT molecular complexity index is 677. The van der Waals surface area contributed by atoms with Gasteiger partial charge in [-0.25, -0.2) is 4.39 Å². The normalized spacial score (nSPS) is 10.2. The molecule has 2 rings (SSSR count). The van der Waals surface area contributed by atoms with E-state index in [1.807, 2.05) is 0 Å². The minimum Gasteiger partial charge on any atom is -0.496 e. The van der Waals surface area contributed by atoms with Gasteiger partial charge in [-0.05, 0) is 30.3 Å². The smallest absolute Gasteiger partial charge is 0.253 e. The summed E-state index contributed by atoms with van der Waals surface area (Å²) in [4.78, 5) is 12.1. The zero-order valence-corrected chi connectivity index (χ0v) is 12.1. The zero-order chi connectivity index (χ0) is 15.4. The zero-order valence-electron chi connectivity index (χ0n) is 11.3. The Hall–Kier alpha value is -2.27. The first kappa shape index (κ1) is 15.1. The van der Waals surface area contributed by atoms with Crippen LogP contribution in [0.4, 0.5) is 10.1 Å². The third-order valence-corrected chi connectivity index (χ3v) is 3.33. The van der Waals surface area contributed by atoms with Crippen LogP contribution in [-0.4, -0.2) is 13.0 Å². The van der Waals surface area contributed by atoms with Gasteiger partial charge in [0, 0.05) is 22.8 Å². The summed E-state index contributed by atoms with van der Waals surface area (Å²) in [6.45, 7) is 0.179. The molecule has 0 aromatic heterocycles. The molecule has 21 heavy (non-hydrogen) atoms. The maximum absolute atomic E-state index is 13.0. The van der Waals surface area contributed by atoms with Crippen LogP contribution in [0.2, 0.25) is 5.02 Å². The summed E-state index contributed by atoms with van der Waals surface area (Å²) in [7, 11) is 1.52. The third kappa shape index (κ3) is 3.44. The van der Waals surface area contributed by atoms with Gasteiger partial charge in [-0.15, -0.1) is 0 Å². The van der Waals surface area contributed by atoms with Crippen molar-refractivity contribution in [3.63, 3.8) is 0 Å². The molecule has 0 heterocycles. The molecule has 0 spiro atoms. The molecule has 6 heteroatoms. The second-order valence-corrected chi connectivity index (χ2v) is 4.74. The van der Waals surface area contributed by atoms with Crippen LogP contribution in [0, 0.1) is 5.82 Å². The highest BCUT2D eigenvalue weighted by atomic mass is 35.5. The molecule has 2 aromatic rings. The summed E-state index contributed by atoms with van der Waals surface area (Å²) in [5, 5.41) is 3.17. The molecule has 0 saturated heterocycles. The number of amides is 1. The average Bonchev–Trinajstić information content (AvgIpc) is 2.45. The van der Waals surface area contributed by atoms with Crippen LogP contribution < -0.4 is 15.8 Å². The molecule has 0 unspecified atom stereocenters. The number of carbonyl (C=O) groups is 1. The molecule has 0 fully saturated rings. The first-order valence-electron chi connectivity index (χ1n) is 6.17. The average molecular weight is 309 g/mol. The highest BCUT2D eigenvalue weighted by Gasteiger charge is 2.13. The predicted octanol–water partition coefficient (Wildman–Crippen LogP) is 3.00. The van der Waals surface area contributed by atoms with E-state index in [4.69, 9.17) is 22.1 Å². The summed E-state index contributed by atoms with van der Waals surface area (Å²) >= 11 is 6.08. The quantitative estimate of drug-likeness (QED) is 0.853. The van der Waals surface area contributed by atoms with E-state index in [-0.39, 0.29) is 17.8 Å². The molecule has 0 aliphatic carbocycles. The van der Waals surface area contributed by atoms with E-state index in [0.717, 1.165) is 6.07 Å². The SMILES string of the molecule is COc1cccc(Cl)c1CNC(=O)c1ccc(F)cc1N. The largest absolute Gasteiger partial charge is 0.496 e. The van der Waals surface area contributed by atoms with Crippen molar-refractivity contribution in [1.29, 1.82) is 0 Å². The van der Waals surface area contributed by atoms with Crippen molar-refractivity contribution in [2.45, 2.75) is 6.54 Å². The monoisotopic (exact) mass is 308 g/mol. The fourth-order valence-corrected chi connectivity index (χ4v) is 2.14. The van der Waals surface area contributed by atoms with Crippen LogP contribution >= 0.6 is 11.6 Å². The Balaban J connectivity index is 2.15. The van der Waals surface area contributed by atoms with Crippen LogP contribution in [0.3, 0.4) is 0 Å².